The average molecular weight is 345 g/mol. The molecule has 122 valence electrons. The average Bonchev–Trinajstić information content (AvgIpc) is 2.50. The van der Waals surface area contributed by atoms with Gasteiger partial charge in [0.1, 0.15) is 11.9 Å². The summed E-state index contributed by atoms with van der Waals surface area (Å²) in [5.74, 6) is 1.18. The van der Waals surface area contributed by atoms with Gasteiger partial charge in [-0.15, -0.1) is 0 Å². The van der Waals surface area contributed by atoms with Crippen LogP contribution in [0.1, 0.15) is 12.8 Å². The van der Waals surface area contributed by atoms with E-state index in [4.69, 9.17) is 16.3 Å². The number of carbonyl (C=O) groups excluding carboxylic acids is 1. The molecule has 1 aromatic rings. The predicted molar refractivity (Wildman–Crippen MR) is 89.0 cm³/mol. The molecule has 2 amide bonds. The van der Waals surface area contributed by atoms with Crippen molar-refractivity contribution in [1.82, 2.24) is 10.2 Å². The second kappa shape index (κ2) is 8.39. The lowest BCUT2D eigenvalue weighted by Gasteiger charge is -2.32. The maximum Gasteiger partial charge on any atom is 0.317 e. The van der Waals surface area contributed by atoms with E-state index in [9.17, 15) is 9.00 Å². The molecule has 1 aromatic carbocycles. The van der Waals surface area contributed by atoms with Crippen molar-refractivity contribution in [3.63, 3.8) is 0 Å². The van der Waals surface area contributed by atoms with Crippen molar-refractivity contribution in [2.24, 2.45) is 0 Å². The second-order valence-corrected chi connectivity index (χ2v) is 7.21. The number of halogens is 1. The first-order chi connectivity index (χ1) is 10.6. The Morgan fingerprint density at radius 3 is 2.73 bits per heavy atom. The summed E-state index contributed by atoms with van der Waals surface area (Å²) < 4.78 is 16.9. The fourth-order valence-corrected chi connectivity index (χ4v) is 2.88. The summed E-state index contributed by atoms with van der Waals surface area (Å²) in [6.45, 7) is 1.74. The van der Waals surface area contributed by atoms with Crippen LogP contribution >= 0.6 is 11.6 Å². The zero-order valence-corrected chi connectivity index (χ0v) is 14.2. The molecule has 0 spiro atoms. The third-order valence-electron chi connectivity index (χ3n) is 3.53. The van der Waals surface area contributed by atoms with Crippen molar-refractivity contribution >= 4 is 28.4 Å². The highest BCUT2D eigenvalue weighted by molar-refractivity contribution is 7.84. The summed E-state index contributed by atoms with van der Waals surface area (Å²) in [4.78, 5) is 13.7. The molecule has 7 heteroatoms. The number of urea groups is 1. The number of carbonyl (C=O) groups is 1. The minimum atomic E-state index is -0.883. The summed E-state index contributed by atoms with van der Waals surface area (Å²) in [6, 6.07) is 7.32. The number of ether oxygens (including phenoxy) is 1. The topological polar surface area (TPSA) is 58.6 Å². The third-order valence-corrected chi connectivity index (χ3v) is 4.62. The van der Waals surface area contributed by atoms with E-state index >= 15 is 0 Å². The van der Waals surface area contributed by atoms with E-state index in [1.54, 1.807) is 17.2 Å². The highest BCUT2D eigenvalue weighted by Gasteiger charge is 2.24. The molecule has 1 heterocycles. The van der Waals surface area contributed by atoms with Crippen LogP contribution in [-0.2, 0) is 10.8 Å². The number of nitrogens with one attached hydrogen (secondary N) is 1. The maximum absolute atomic E-state index is 12.0. The SMILES string of the molecule is CS(=O)CCNC(=O)N1CCC(Oc2ccccc2Cl)CC1. The molecule has 2 rings (SSSR count). The van der Waals surface area contributed by atoms with E-state index in [2.05, 4.69) is 5.32 Å². The van der Waals surface area contributed by atoms with Crippen molar-refractivity contribution in [2.45, 2.75) is 18.9 Å². The standard InChI is InChI=1S/C15H21ClN2O3S/c1-22(20)11-8-17-15(19)18-9-6-12(7-10-18)21-14-5-3-2-4-13(14)16/h2-5,12H,6-11H2,1H3,(H,17,19). The monoisotopic (exact) mass is 344 g/mol. The molecule has 0 saturated carbocycles. The van der Waals surface area contributed by atoms with Crippen LogP contribution < -0.4 is 10.1 Å². The lowest BCUT2D eigenvalue weighted by Crippen LogP contribution is -2.47. The molecule has 1 fully saturated rings. The Hall–Kier alpha value is -1.27. The molecule has 0 aliphatic carbocycles. The van der Waals surface area contributed by atoms with Crippen LogP contribution in [0.3, 0.4) is 0 Å². The molecule has 22 heavy (non-hydrogen) atoms. The molecule has 1 saturated heterocycles. The summed E-state index contributed by atoms with van der Waals surface area (Å²) >= 11 is 6.08. The van der Waals surface area contributed by atoms with Crippen LogP contribution in [0.2, 0.25) is 5.02 Å². The fourth-order valence-electron chi connectivity index (χ4n) is 2.31. The van der Waals surface area contributed by atoms with Crippen LogP contribution in [-0.4, -0.2) is 52.9 Å². The molecular formula is C15H21ClN2O3S. The van der Waals surface area contributed by atoms with Crippen molar-refractivity contribution in [3.05, 3.63) is 29.3 Å². The van der Waals surface area contributed by atoms with Crippen LogP contribution in [0.25, 0.3) is 0 Å². The van der Waals surface area contributed by atoms with Gasteiger partial charge in [0, 0.05) is 55.3 Å². The van der Waals surface area contributed by atoms with Gasteiger partial charge in [-0.05, 0) is 12.1 Å². The van der Waals surface area contributed by atoms with E-state index in [0.29, 0.717) is 36.2 Å². The summed E-state index contributed by atoms with van der Waals surface area (Å²) in [5, 5.41) is 3.40. The van der Waals surface area contributed by atoms with E-state index < -0.39 is 10.8 Å². The number of hydrogen-bond donors (Lipinski definition) is 1. The number of para-hydroxylation sites is 1. The maximum atomic E-state index is 12.0. The Morgan fingerprint density at radius 2 is 2.09 bits per heavy atom. The second-order valence-electron chi connectivity index (χ2n) is 5.24. The Balaban J connectivity index is 1.74. The van der Waals surface area contributed by atoms with E-state index in [0.717, 1.165) is 12.8 Å². The van der Waals surface area contributed by atoms with Gasteiger partial charge in [-0.3, -0.25) is 4.21 Å². The summed E-state index contributed by atoms with van der Waals surface area (Å²) in [6.07, 6.45) is 3.26. The molecular weight excluding hydrogens is 324 g/mol. The summed E-state index contributed by atoms with van der Waals surface area (Å²) in [7, 11) is -0.883. The Kier molecular flexibility index (Phi) is 6.51. The number of hydrogen-bond acceptors (Lipinski definition) is 3. The lowest BCUT2D eigenvalue weighted by molar-refractivity contribution is 0.111. The predicted octanol–water partition coefficient (Wildman–Crippen LogP) is 2.27. The molecule has 1 aliphatic rings. The van der Waals surface area contributed by atoms with E-state index in [1.165, 1.54) is 0 Å². The zero-order chi connectivity index (χ0) is 15.9. The van der Waals surface area contributed by atoms with E-state index in [-0.39, 0.29) is 12.1 Å². The molecule has 0 bridgehead atoms. The highest BCUT2D eigenvalue weighted by Crippen LogP contribution is 2.26. The molecule has 1 atom stereocenters. The smallest absolute Gasteiger partial charge is 0.317 e. The van der Waals surface area contributed by atoms with Gasteiger partial charge in [-0.2, -0.15) is 0 Å². The Labute approximate surface area is 138 Å². The molecule has 0 aromatic heterocycles. The van der Waals surface area contributed by atoms with Crippen molar-refractivity contribution in [3.8, 4) is 5.75 Å². The van der Waals surface area contributed by atoms with Crippen LogP contribution in [0.4, 0.5) is 4.79 Å². The molecule has 1 aliphatic heterocycles. The zero-order valence-electron chi connectivity index (χ0n) is 12.6. The number of nitrogens with zero attached hydrogens (tertiary/aromatic N) is 1. The van der Waals surface area contributed by atoms with Gasteiger partial charge in [-0.25, -0.2) is 4.79 Å². The van der Waals surface area contributed by atoms with Crippen LogP contribution in [0, 0.1) is 0 Å². The van der Waals surface area contributed by atoms with Crippen LogP contribution in [0.5, 0.6) is 5.75 Å². The van der Waals surface area contributed by atoms with Gasteiger partial charge in [0.05, 0.1) is 5.02 Å². The lowest BCUT2D eigenvalue weighted by atomic mass is 10.1. The first kappa shape index (κ1) is 17.1. The molecule has 5 nitrogen and oxygen atoms in total. The number of piperidine rings is 1. The van der Waals surface area contributed by atoms with Gasteiger partial charge in [0.2, 0.25) is 0 Å². The van der Waals surface area contributed by atoms with Crippen molar-refractivity contribution in [2.75, 3.05) is 31.6 Å². The number of benzene rings is 1. The first-order valence-electron chi connectivity index (χ1n) is 7.30. The van der Waals surface area contributed by atoms with E-state index in [1.807, 2.05) is 18.2 Å². The van der Waals surface area contributed by atoms with Gasteiger partial charge in [-0.1, -0.05) is 23.7 Å². The minimum absolute atomic E-state index is 0.0760. The van der Waals surface area contributed by atoms with Crippen molar-refractivity contribution < 1.29 is 13.7 Å². The number of likely N-dealkylation sites (tertiary alicyclic amines) is 1. The van der Waals surface area contributed by atoms with Gasteiger partial charge in [0.25, 0.3) is 0 Å². The molecule has 1 unspecified atom stereocenters. The van der Waals surface area contributed by atoms with Gasteiger partial charge in [0.15, 0.2) is 0 Å². The largest absolute Gasteiger partial charge is 0.489 e. The number of rotatable bonds is 5. The molecule has 1 N–H and O–H groups in total. The first-order valence-corrected chi connectivity index (χ1v) is 9.41. The number of amides is 2. The third kappa shape index (κ3) is 5.18. The van der Waals surface area contributed by atoms with Gasteiger partial charge < -0.3 is 15.0 Å². The fraction of sp³-hybridized carbons (Fsp3) is 0.533. The van der Waals surface area contributed by atoms with Gasteiger partial charge >= 0.3 is 6.03 Å². The normalized spacial score (nSPS) is 17.1. The van der Waals surface area contributed by atoms with Crippen LogP contribution in [0.15, 0.2) is 24.3 Å². The summed E-state index contributed by atoms with van der Waals surface area (Å²) in [5.41, 5.74) is 0. The minimum Gasteiger partial charge on any atom is -0.489 e. The quantitative estimate of drug-likeness (QED) is 0.891. The molecule has 0 radical (unpaired) electrons. The Bertz CT molecular complexity index is 533. The Morgan fingerprint density at radius 1 is 1.41 bits per heavy atom. The van der Waals surface area contributed by atoms with Crippen molar-refractivity contribution in [1.29, 1.82) is 0 Å². The highest BCUT2D eigenvalue weighted by atomic mass is 35.5.